The number of carbonyl (C=O) groups is 1. The third kappa shape index (κ3) is 4.73. The van der Waals surface area contributed by atoms with Gasteiger partial charge in [0, 0.05) is 53.3 Å². The van der Waals surface area contributed by atoms with Gasteiger partial charge in [0.05, 0.1) is 29.7 Å². The van der Waals surface area contributed by atoms with Gasteiger partial charge in [0.2, 0.25) is 0 Å². The molecule has 0 unspecified atom stereocenters. The molecule has 0 bridgehead atoms. The molecule has 1 atom stereocenters. The summed E-state index contributed by atoms with van der Waals surface area (Å²) < 4.78 is 59.4. The largest absolute Gasteiger partial charge is 0.490 e. The Morgan fingerprint density at radius 1 is 1.26 bits per heavy atom. The van der Waals surface area contributed by atoms with E-state index in [1.165, 1.54) is 17.2 Å². The Bertz CT molecular complexity index is 1420. The van der Waals surface area contributed by atoms with E-state index >= 15 is 0 Å². The van der Waals surface area contributed by atoms with Crippen molar-refractivity contribution in [1.82, 2.24) is 20.2 Å². The first-order valence-corrected chi connectivity index (χ1v) is 13.2. The molecule has 0 radical (unpaired) electrons. The van der Waals surface area contributed by atoms with Gasteiger partial charge in [-0.2, -0.15) is 13.2 Å². The van der Waals surface area contributed by atoms with Gasteiger partial charge in [0.15, 0.2) is 0 Å². The van der Waals surface area contributed by atoms with Crippen molar-refractivity contribution in [2.45, 2.75) is 50.2 Å². The van der Waals surface area contributed by atoms with E-state index in [-0.39, 0.29) is 29.8 Å². The average molecular weight is 544 g/mol. The molecule has 2 aliphatic heterocycles. The number of likely N-dealkylation sites (tertiary alicyclic amines) is 1. The number of benzene rings is 1. The lowest BCUT2D eigenvalue weighted by Gasteiger charge is -2.40. The van der Waals surface area contributed by atoms with Crippen LogP contribution in [0.25, 0.3) is 11.3 Å². The summed E-state index contributed by atoms with van der Waals surface area (Å²) in [7, 11) is 0. The Kier molecular flexibility index (Phi) is 6.28. The highest BCUT2D eigenvalue weighted by molar-refractivity contribution is 6.07. The van der Waals surface area contributed by atoms with Crippen molar-refractivity contribution in [3.05, 3.63) is 59.3 Å². The number of alkyl halides is 3. The highest BCUT2D eigenvalue weighted by Crippen LogP contribution is 2.54. The molecule has 1 amide bonds. The maximum Gasteiger partial charge on any atom is 0.401 e. The molecule has 3 N–H and O–H groups in total. The van der Waals surface area contributed by atoms with E-state index in [1.807, 2.05) is 6.92 Å². The number of anilines is 2. The topological polar surface area (TPSA) is 82.3 Å². The molecule has 206 valence electrons. The van der Waals surface area contributed by atoms with Crippen LogP contribution in [0.5, 0.6) is 5.75 Å². The van der Waals surface area contributed by atoms with Crippen molar-refractivity contribution < 1.29 is 27.1 Å². The van der Waals surface area contributed by atoms with Gasteiger partial charge < -0.3 is 20.4 Å². The number of rotatable bonds is 8. The van der Waals surface area contributed by atoms with E-state index in [1.54, 1.807) is 24.4 Å². The Hall–Kier alpha value is -3.60. The number of ether oxygens (including phenoxy) is 1. The molecule has 6 rings (SSSR count). The minimum absolute atomic E-state index is 0.0757. The molecule has 4 heterocycles. The fourth-order valence-corrected chi connectivity index (χ4v) is 5.63. The molecule has 1 spiro atoms. The van der Waals surface area contributed by atoms with Crippen molar-refractivity contribution in [3.63, 3.8) is 0 Å². The summed E-state index contributed by atoms with van der Waals surface area (Å²) in [6.45, 7) is 1.87. The summed E-state index contributed by atoms with van der Waals surface area (Å²) in [6, 6.07) is 6.18. The number of H-pyrrole nitrogens is 1. The molecule has 3 aliphatic rings. The first-order chi connectivity index (χ1) is 18.7. The zero-order valence-electron chi connectivity index (χ0n) is 21.4. The summed E-state index contributed by atoms with van der Waals surface area (Å²) >= 11 is 0. The van der Waals surface area contributed by atoms with E-state index in [0.29, 0.717) is 65.4 Å². The van der Waals surface area contributed by atoms with Crippen LogP contribution in [-0.4, -0.2) is 59.2 Å². The minimum Gasteiger partial charge on any atom is -0.490 e. The number of halogens is 4. The number of aromatic nitrogens is 2. The highest BCUT2D eigenvalue weighted by atomic mass is 19.4. The first kappa shape index (κ1) is 25.7. The Morgan fingerprint density at radius 3 is 2.77 bits per heavy atom. The van der Waals surface area contributed by atoms with Crippen molar-refractivity contribution >= 4 is 17.3 Å². The predicted molar refractivity (Wildman–Crippen MR) is 138 cm³/mol. The molecular weight excluding hydrogens is 514 g/mol. The third-order valence-corrected chi connectivity index (χ3v) is 8.06. The van der Waals surface area contributed by atoms with Gasteiger partial charge in [0.1, 0.15) is 18.2 Å². The predicted octanol–water partition coefficient (Wildman–Crippen LogP) is 5.31. The van der Waals surface area contributed by atoms with E-state index in [9.17, 15) is 22.4 Å². The second-order valence-electron chi connectivity index (χ2n) is 10.5. The molecule has 39 heavy (non-hydrogen) atoms. The molecule has 3 aromatic rings. The van der Waals surface area contributed by atoms with Crippen LogP contribution < -0.4 is 15.4 Å². The second kappa shape index (κ2) is 9.55. The summed E-state index contributed by atoms with van der Waals surface area (Å²) in [6.07, 6.45) is 1.77. The SMILES string of the molecule is CCc1c(F)cccc1Nc1c(-c2ccncc2OC[C@@H]2CCN2CC(F)(F)F)[nH]c2c1C(=O)NCC21CC1. The van der Waals surface area contributed by atoms with Gasteiger partial charge >= 0.3 is 6.18 Å². The van der Waals surface area contributed by atoms with Gasteiger partial charge in [0.25, 0.3) is 5.91 Å². The monoisotopic (exact) mass is 543 g/mol. The summed E-state index contributed by atoms with van der Waals surface area (Å²) in [5.41, 5.74) is 3.90. The van der Waals surface area contributed by atoms with Crippen LogP contribution in [0.1, 0.15) is 47.8 Å². The molecule has 2 fully saturated rings. The van der Waals surface area contributed by atoms with E-state index in [2.05, 4.69) is 20.6 Å². The summed E-state index contributed by atoms with van der Waals surface area (Å²) in [4.78, 5) is 22.2. The number of hydrogen-bond acceptors (Lipinski definition) is 5. The Morgan fingerprint density at radius 2 is 2.08 bits per heavy atom. The standard InChI is InChI=1S/C28H29F4N5O2/c1-2-17-19(29)4-3-5-20(17)35-24-22-25(27(8-9-27)14-34-26(22)38)36-23(24)18-6-10-33-12-21(18)39-13-16-7-11-37(16)15-28(30,31)32/h3-6,10,12,16,35-36H,2,7-9,11,13-15H2,1H3,(H,34,38)/t16-/m0/s1. The first-order valence-electron chi connectivity index (χ1n) is 13.2. The molecular formula is C28H29F4N5O2. The van der Waals surface area contributed by atoms with E-state index < -0.39 is 12.7 Å². The van der Waals surface area contributed by atoms with Crippen LogP contribution in [0.4, 0.5) is 28.9 Å². The quantitative estimate of drug-likeness (QED) is 0.336. The zero-order chi connectivity index (χ0) is 27.4. The molecule has 1 saturated carbocycles. The molecule has 1 saturated heterocycles. The number of hydrogen-bond donors (Lipinski definition) is 3. The normalized spacial score (nSPS) is 19.8. The summed E-state index contributed by atoms with van der Waals surface area (Å²) in [5, 5.41) is 6.34. The lowest BCUT2D eigenvalue weighted by atomic mass is 9.93. The van der Waals surface area contributed by atoms with Crippen LogP contribution in [-0.2, 0) is 11.8 Å². The second-order valence-corrected chi connectivity index (χ2v) is 10.5. The fourth-order valence-electron chi connectivity index (χ4n) is 5.63. The van der Waals surface area contributed by atoms with Crippen molar-refractivity contribution in [1.29, 1.82) is 0 Å². The number of fused-ring (bicyclic) bond motifs is 2. The minimum atomic E-state index is -4.27. The number of carbonyl (C=O) groups excluding carboxylic acids is 1. The molecule has 7 nitrogen and oxygen atoms in total. The Labute approximate surface area is 222 Å². The smallest absolute Gasteiger partial charge is 0.401 e. The zero-order valence-corrected chi connectivity index (χ0v) is 21.4. The maximum absolute atomic E-state index is 14.6. The molecule has 1 aromatic carbocycles. The molecule has 2 aromatic heterocycles. The van der Waals surface area contributed by atoms with Crippen molar-refractivity contribution in [2.75, 3.05) is 31.6 Å². The van der Waals surface area contributed by atoms with Gasteiger partial charge in [-0.1, -0.05) is 13.0 Å². The van der Waals surface area contributed by atoms with Crippen LogP contribution in [0.3, 0.4) is 0 Å². The van der Waals surface area contributed by atoms with E-state index in [0.717, 1.165) is 18.5 Å². The van der Waals surface area contributed by atoms with Gasteiger partial charge in [-0.05, 0) is 43.9 Å². The Balaban J connectivity index is 1.38. The van der Waals surface area contributed by atoms with Crippen LogP contribution in [0.2, 0.25) is 0 Å². The van der Waals surface area contributed by atoms with Gasteiger partial charge in [-0.15, -0.1) is 0 Å². The lowest BCUT2D eigenvalue weighted by molar-refractivity contribution is -0.163. The average Bonchev–Trinajstić information content (AvgIpc) is 3.57. The van der Waals surface area contributed by atoms with Crippen molar-refractivity contribution in [3.8, 4) is 17.0 Å². The van der Waals surface area contributed by atoms with Crippen molar-refractivity contribution in [2.24, 2.45) is 0 Å². The highest BCUT2D eigenvalue weighted by Gasteiger charge is 2.52. The number of pyridine rings is 1. The fraction of sp³-hybridized carbons (Fsp3) is 0.429. The number of aromatic amines is 1. The molecule has 1 aliphatic carbocycles. The third-order valence-electron chi connectivity index (χ3n) is 8.06. The van der Waals surface area contributed by atoms with E-state index in [4.69, 9.17) is 4.74 Å². The number of nitrogens with one attached hydrogen (secondary N) is 3. The number of amides is 1. The maximum atomic E-state index is 14.6. The molecule has 11 heteroatoms. The van der Waals surface area contributed by atoms with Gasteiger partial charge in [-0.3, -0.25) is 14.7 Å². The number of nitrogens with zero attached hydrogens (tertiary/aromatic N) is 2. The summed E-state index contributed by atoms with van der Waals surface area (Å²) in [5.74, 6) is -0.178. The lowest BCUT2D eigenvalue weighted by Crippen LogP contribution is -2.54. The van der Waals surface area contributed by atoms with Gasteiger partial charge in [-0.25, -0.2) is 4.39 Å². The van der Waals surface area contributed by atoms with Crippen LogP contribution in [0, 0.1) is 5.82 Å². The van der Waals surface area contributed by atoms with Crippen LogP contribution in [0.15, 0.2) is 36.7 Å². The van der Waals surface area contributed by atoms with Crippen LogP contribution >= 0.6 is 0 Å².